The number of nitrogens with one attached hydrogen (secondary N) is 3. The molecular formula is C17H31N7O9. The van der Waals surface area contributed by atoms with Gasteiger partial charge in [0.15, 0.2) is 0 Å². The normalized spacial score (nSPS) is 20.2. The minimum absolute atomic E-state index is 0. The van der Waals surface area contributed by atoms with Crippen LogP contribution in [0.1, 0.15) is 25.0 Å². The van der Waals surface area contributed by atoms with Gasteiger partial charge in [0.1, 0.15) is 18.1 Å². The molecule has 6 amide bonds. The SMILES string of the molecule is CN1C(=O)CC(C(=O)N[C@@H](Cc2cnc[nH]2)C(=O)N2CCCC2C(N)=O)NC1=O.O.O.O.O. The maximum Gasteiger partial charge on any atom is 0.324 e. The molecule has 16 nitrogen and oxygen atoms in total. The molecule has 0 bridgehead atoms. The molecule has 188 valence electrons. The zero-order chi connectivity index (χ0) is 21.1. The number of hydrogen-bond acceptors (Lipinski definition) is 6. The van der Waals surface area contributed by atoms with Gasteiger partial charge in [-0.3, -0.25) is 24.1 Å². The van der Waals surface area contributed by atoms with Gasteiger partial charge in [0.2, 0.25) is 23.6 Å². The summed E-state index contributed by atoms with van der Waals surface area (Å²) in [6.45, 7) is 0.352. The number of primary amides is 1. The zero-order valence-corrected chi connectivity index (χ0v) is 17.9. The molecule has 13 N–H and O–H groups in total. The number of carbonyl (C=O) groups is 5. The van der Waals surface area contributed by atoms with Crippen molar-refractivity contribution in [3.05, 3.63) is 18.2 Å². The highest BCUT2D eigenvalue weighted by molar-refractivity contribution is 6.03. The number of H-pyrrole nitrogens is 1. The third-order valence-electron chi connectivity index (χ3n) is 5.13. The maximum absolute atomic E-state index is 13.1. The van der Waals surface area contributed by atoms with Crippen LogP contribution in [0.15, 0.2) is 12.5 Å². The second-order valence-corrected chi connectivity index (χ2v) is 7.09. The first-order valence-corrected chi connectivity index (χ1v) is 9.22. The number of nitrogens with zero attached hydrogens (tertiary/aromatic N) is 3. The van der Waals surface area contributed by atoms with Crippen LogP contribution in [0.3, 0.4) is 0 Å². The van der Waals surface area contributed by atoms with Gasteiger partial charge in [-0.05, 0) is 12.8 Å². The van der Waals surface area contributed by atoms with E-state index in [9.17, 15) is 24.0 Å². The number of aromatic amines is 1. The number of amides is 6. The van der Waals surface area contributed by atoms with E-state index >= 15 is 0 Å². The van der Waals surface area contributed by atoms with E-state index < -0.39 is 47.8 Å². The Morgan fingerprint density at radius 3 is 2.45 bits per heavy atom. The standard InChI is InChI=1S/C17H23N7O5.4H2O/c1-23-13(25)6-10(22-17(23)29)15(27)21-11(5-9-7-19-8-20-9)16(28)24-4-2-3-12(24)14(18)26;;;;/h7-8,10-12H,2-6H2,1H3,(H2,18,26)(H,19,20)(H,21,27)(H,22,29);4*1H2/t10?,11-,12?;;;;/m0..../s1. The molecule has 0 radical (unpaired) electrons. The Bertz CT molecular complexity index is 815. The van der Waals surface area contributed by atoms with Crippen LogP contribution < -0.4 is 16.4 Å². The summed E-state index contributed by atoms with van der Waals surface area (Å²) in [5, 5.41) is 5.03. The Hall–Kier alpha value is -3.60. The number of urea groups is 1. The summed E-state index contributed by atoms with van der Waals surface area (Å²) >= 11 is 0. The quantitative estimate of drug-likeness (QED) is 0.309. The molecular weight excluding hydrogens is 446 g/mol. The molecule has 0 aliphatic carbocycles. The topological polar surface area (TPSA) is 297 Å². The minimum Gasteiger partial charge on any atom is -0.412 e. The lowest BCUT2D eigenvalue weighted by Gasteiger charge is -2.31. The first kappa shape index (κ1) is 31.6. The van der Waals surface area contributed by atoms with Crippen LogP contribution in [-0.2, 0) is 25.6 Å². The number of imidazole rings is 1. The molecule has 2 fully saturated rings. The molecule has 0 spiro atoms. The molecule has 0 saturated carbocycles. The number of carbonyl (C=O) groups excluding carboxylic acids is 5. The predicted octanol–water partition coefficient (Wildman–Crippen LogP) is -5.45. The van der Waals surface area contributed by atoms with Crippen molar-refractivity contribution in [2.45, 2.75) is 43.8 Å². The molecule has 2 saturated heterocycles. The second kappa shape index (κ2) is 13.1. The Labute approximate surface area is 188 Å². The van der Waals surface area contributed by atoms with Crippen LogP contribution in [0.5, 0.6) is 0 Å². The van der Waals surface area contributed by atoms with Crippen LogP contribution in [0, 0.1) is 0 Å². The number of hydrogen-bond donors (Lipinski definition) is 4. The van der Waals surface area contributed by atoms with Gasteiger partial charge in [-0.15, -0.1) is 0 Å². The van der Waals surface area contributed by atoms with E-state index in [1.165, 1.54) is 24.5 Å². The fourth-order valence-electron chi connectivity index (χ4n) is 3.50. The van der Waals surface area contributed by atoms with E-state index in [-0.39, 0.29) is 34.7 Å². The van der Waals surface area contributed by atoms with Gasteiger partial charge in [-0.25, -0.2) is 9.78 Å². The Morgan fingerprint density at radius 2 is 1.91 bits per heavy atom. The van der Waals surface area contributed by atoms with Crippen molar-refractivity contribution in [2.24, 2.45) is 5.73 Å². The highest BCUT2D eigenvalue weighted by Crippen LogP contribution is 2.19. The Kier molecular flexibility index (Phi) is 12.5. The number of aromatic nitrogens is 2. The summed E-state index contributed by atoms with van der Waals surface area (Å²) in [5.41, 5.74) is 6.00. The van der Waals surface area contributed by atoms with E-state index in [0.29, 0.717) is 25.1 Å². The van der Waals surface area contributed by atoms with Crippen molar-refractivity contribution < 1.29 is 45.9 Å². The van der Waals surface area contributed by atoms with Crippen LogP contribution in [0.25, 0.3) is 0 Å². The third kappa shape index (κ3) is 6.94. The fourth-order valence-corrected chi connectivity index (χ4v) is 3.50. The maximum atomic E-state index is 13.1. The van der Waals surface area contributed by atoms with Crippen LogP contribution in [-0.4, -0.2) is 103 Å². The minimum atomic E-state index is -1.09. The molecule has 33 heavy (non-hydrogen) atoms. The van der Waals surface area contributed by atoms with E-state index in [0.717, 1.165) is 4.90 Å². The van der Waals surface area contributed by atoms with Crippen molar-refractivity contribution in [1.82, 2.24) is 30.4 Å². The fraction of sp³-hybridized carbons (Fsp3) is 0.529. The predicted molar refractivity (Wildman–Crippen MR) is 112 cm³/mol. The largest absolute Gasteiger partial charge is 0.412 e. The number of nitrogens with two attached hydrogens (primary N) is 1. The second-order valence-electron chi connectivity index (χ2n) is 7.09. The van der Waals surface area contributed by atoms with Gasteiger partial charge in [-0.1, -0.05) is 0 Å². The number of imide groups is 1. The molecule has 3 rings (SSSR count). The average molecular weight is 477 g/mol. The van der Waals surface area contributed by atoms with E-state index in [1.807, 2.05) is 0 Å². The van der Waals surface area contributed by atoms with Gasteiger partial charge >= 0.3 is 6.03 Å². The van der Waals surface area contributed by atoms with Gasteiger partial charge < -0.3 is 48.2 Å². The summed E-state index contributed by atoms with van der Waals surface area (Å²) in [6.07, 6.45) is 3.93. The molecule has 1 aromatic rings. The molecule has 3 atom stereocenters. The van der Waals surface area contributed by atoms with E-state index in [2.05, 4.69) is 20.6 Å². The van der Waals surface area contributed by atoms with Crippen molar-refractivity contribution in [2.75, 3.05) is 13.6 Å². The van der Waals surface area contributed by atoms with Gasteiger partial charge in [-0.2, -0.15) is 0 Å². The summed E-state index contributed by atoms with van der Waals surface area (Å²) in [5.74, 6) is -2.22. The lowest BCUT2D eigenvalue weighted by atomic mass is 10.1. The van der Waals surface area contributed by atoms with Gasteiger partial charge in [0.05, 0.1) is 12.7 Å². The van der Waals surface area contributed by atoms with Crippen molar-refractivity contribution in [1.29, 1.82) is 0 Å². The molecule has 2 aliphatic rings. The zero-order valence-electron chi connectivity index (χ0n) is 17.9. The summed E-state index contributed by atoms with van der Waals surface area (Å²) in [4.78, 5) is 70.1. The van der Waals surface area contributed by atoms with Crippen molar-refractivity contribution in [3.63, 3.8) is 0 Å². The van der Waals surface area contributed by atoms with Crippen LogP contribution in [0.2, 0.25) is 0 Å². The summed E-state index contributed by atoms with van der Waals surface area (Å²) in [6, 6.07) is -3.53. The van der Waals surface area contributed by atoms with Gasteiger partial charge in [0.25, 0.3) is 0 Å². The highest BCUT2D eigenvalue weighted by Gasteiger charge is 2.39. The molecule has 2 aliphatic heterocycles. The third-order valence-corrected chi connectivity index (χ3v) is 5.13. The van der Waals surface area contributed by atoms with E-state index in [4.69, 9.17) is 5.73 Å². The number of likely N-dealkylation sites (tertiary alicyclic amines) is 1. The average Bonchev–Trinajstić information content (AvgIpc) is 3.36. The monoisotopic (exact) mass is 477 g/mol. The lowest BCUT2D eigenvalue weighted by Crippen LogP contribution is -2.61. The lowest BCUT2D eigenvalue weighted by molar-refractivity contribution is -0.141. The number of rotatable bonds is 6. The van der Waals surface area contributed by atoms with Crippen molar-refractivity contribution in [3.8, 4) is 0 Å². The Balaban J connectivity index is 0. The molecule has 3 heterocycles. The molecule has 0 aromatic carbocycles. The molecule has 2 unspecified atom stereocenters. The highest BCUT2D eigenvalue weighted by atomic mass is 16.2. The van der Waals surface area contributed by atoms with Crippen molar-refractivity contribution >= 4 is 29.7 Å². The first-order valence-electron chi connectivity index (χ1n) is 9.22. The summed E-state index contributed by atoms with van der Waals surface area (Å²) < 4.78 is 0. The summed E-state index contributed by atoms with van der Waals surface area (Å²) in [7, 11) is 1.31. The molecule has 1 aromatic heterocycles. The van der Waals surface area contributed by atoms with Crippen LogP contribution >= 0.6 is 0 Å². The molecule has 16 heteroatoms. The first-order chi connectivity index (χ1) is 13.8. The van der Waals surface area contributed by atoms with Crippen LogP contribution in [0.4, 0.5) is 4.79 Å². The van der Waals surface area contributed by atoms with Gasteiger partial charge in [0, 0.05) is 31.9 Å². The Morgan fingerprint density at radius 1 is 1.24 bits per heavy atom. The van der Waals surface area contributed by atoms with E-state index in [1.54, 1.807) is 0 Å². The smallest absolute Gasteiger partial charge is 0.324 e.